The molecule has 0 aromatic heterocycles. The van der Waals surface area contributed by atoms with Crippen molar-refractivity contribution in [2.24, 2.45) is 5.92 Å². The number of hydrogen-bond acceptors (Lipinski definition) is 5. The Labute approximate surface area is 267 Å². The van der Waals surface area contributed by atoms with Gasteiger partial charge in [0.05, 0.1) is 12.7 Å². The largest absolute Gasteiger partial charge is 1.00 e. The zero-order chi connectivity index (χ0) is 28.7. The molecule has 1 saturated carbocycles. The molecule has 1 aliphatic rings. The number of benzene rings is 2. The summed E-state index contributed by atoms with van der Waals surface area (Å²) in [5.74, 6) is 2.25. The van der Waals surface area contributed by atoms with E-state index in [1.54, 1.807) is 11.8 Å². The van der Waals surface area contributed by atoms with Gasteiger partial charge >= 0.3 is 24.8 Å². The Morgan fingerprint density at radius 2 is 1.83 bits per heavy atom. The molecular weight excluding hydrogens is 545 g/mol. The molecule has 2 aromatic rings. The number of hydrogen-bond donors (Lipinski definition) is 2. The van der Waals surface area contributed by atoms with Crippen molar-refractivity contribution >= 4 is 35.4 Å². The second kappa shape index (κ2) is 19.8. The Balaban J connectivity index is 0.00000588. The fourth-order valence-electron chi connectivity index (χ4n) is 5.36. The van der Waals surface area contributed by atoms with Gasteiger partial charge in [0.25, 0.3) is 5.91 Å². The summed E-state index contributed by atoms with van der Waals surface area (Å²) in [7, 11) is 0. The molecule has 220 valence electrons. The summed E-state index contributed by atoms with van der Waals surface area (Å²) in [5, 5.41) is 12.4. The van der Waals surface area contributed by atoms with Gasteiger partial charge in [0.2, 0.25) is 0 Å². The molecule has 41 heavy (non-hydrogen) atoms. The normalized spacial score (nSPS) is 15.1. The van der Waals surface area contributed by atoms with Crippen LogP contribution in [-0.2, 0) is 16.1 Å². The molecule has 0 bridgehead atoms. The van der Waals surface area contributed by atoms with Crippen molar-refractivity contribution in [3.8, 4) is 11.1 Å². The number of thioether (sulfide) groups is 2. The summed E-state index contributed by atoms with van der Waals surface area (Å²) >= 11 is 3.57. The molecule has 2 unspecified atom stereocenters. The van der Waals surface area contributed by atoms with Gasteiger partial charge in [-0.2, -0.15) is 23.5 Å². The Kier molecular flexibility index (Phi) is 17.3. The molecule has 5 nitrogen and oxygen atoms in total. The molecule has 0 heterocycles. The molecule has 1 aliphatic carbocycles. The van der Waals surface area contributed by atoms with Crippen LogP contribution in [0.4, 0.5) is 0 Å². The number of aliphatic carboxylic acids is 1. The van der Waals surface area contributed by atoms with E-state index in [2.05, 4.69) is 18.3 Å². The summed E-state index contributed by atoms with van der Waals surface area (Å²) in [6, 6.07) is 12.9. The first-order chi connectivity index (χ1) is 19.4. The van der Waals surface area contributed by atoms with Crippen molar-refractivity contribution in [3.05, 3.63) is 59.2 Å². The molecule has 2 N–H and O–H groups in total. The third-order valence-corrected chi connectivity index (χ3v) is 9.56. The minimum absolute atomic E-state index is 0. The van der Waals surface area contributed by atoms with E-state index >= 15 is 0 Å². The number of ether oxygens (including phenoxy) is 1. The van der Waals surface area contributed by atoms with Gasteiger partial charge in [-0.05, 0) is 84.3 Å². The topological polar surface area (TPSA) is 75.6 Å². The van der Waals surface area contributed by atoms with Crippen LogP contribution in [0.15, 0.2) is 42.5 Å². The number of carbonyl (C=O) groups excluding carboxylic acids is 1. The Morgan fingerprint density at radius 1 is 1.07 bits per heavy atom. The van der Waals surface area contributed by atoms with E-state index in [9.17, 15) is 14.7 Å². The van der Waals surface area contributed by atoms with E-state index in [4.69, 9.17) is 4.74 Å². The monoisotopic (exact) mass is 592 g/mol. The maximum Gasteiger partial charge on any atom is 1.00 e. The van der Waals surface area contributed by atoms with Crippen molar-refractivity contribution in [2.75, 3.05) is 23.5 Å². The molecular formula is C33H47LiNO4S2+. The standard InChI is InChI=1S/C33H47NO4S2.Li/c1-4-5-18-40-23-27(20-25-12-7-6-8-13-25)38-22-26-15-16-29(30(21-26)28-14-10-9-11-24(28)2)32(35)34-31(33(36)37)17-19-39-3;/h9-11,14-16,21,25,27,31H,4-8,12-13,17-20,22-23H2,1-3H3,(H,34,35)(H,36,37);/q;+1. The third kappa shape index (κ3) is 12.0. The number of carbonyl (C=O) groups is 2. The molecule has 1 fully saturated rings. The fraction of sp³-hybridized carbons (Fsp3) is 0.576. The van der Waals surface area contributed by atoms with Crippen LogP contribution in [0, 0.1) is 12.8 Å². The Bertz CT molecular complexity index is 1080. The predicted molar refractivity (Wildman–Crippen MR) is 171 cm³/mol. The van der Waals surface area contributed by atoms with E-state index in [0.717, 1.165) is 40.3 Å². The van der Waals surface area contributed by atoms with Gasteiger partial charge < -0.3 is 15.2 Å². The number of carboxylic acid groups (broad SMARTS) is 1. The first-order valence-electron chi connectivity index (χ1n) is 14.8. The molecule has 0 saturated heterocycles. The fourth-order valence-corrected chi connectivity index (χ4v) is 6.99. The van der Waals surface area contributed by atoms with Crippen LogP contribution in [0.25, 0.3) is 11.1 Å². The first kappa shape index (κ1) is 35.8. The average Bonchev–Trinajstić information content (AvgIpc) is 2.96. The van der Waals surface area contributed by atoms with Gasteiger partial charge in [0.1, 0.15) is 6.04 Å². The predicted octanol–water partition coefficient (Wildman–Crippen LogP) is 4.99. The Hall–Kier alpha value is -1.36. The van der Waals surface area contributed by atoms with Gasteiger partial charge in [-0.25, -0.2) is 4.79 Å². The number of amides is 1. The van der Waals surface area contributed by atoms with Gasteiger partial charge in [0.15, 0.2) is 0 Å². The van der Waals surface area contributed by atoms with Crippen LogP contribution in [0.1, 0.15) is 86.2 Å². The molecule has 0 aliphatic heterocycles. The van der Waals surface area contributed by atoms with Crippen LogP contribution >= 0.6 is 23.5 Å². The van der Waals surface area contributed by atoms with E-state index in [0.29, 0.717) is 24.3 Å². The summed E-state index contributed by atoms with van der Waals surface area (Å²) in [6.45, 7) is 4.77. The van der Waals surface area contributed by atoms with Crippen molar-refractivity contribution < 1.29 is 38.3 Å². The quantitative estimate of drug-likeness (QED) is 0.199. The van der Waals surface area contributed by atoms with Crippen molar-refractivity contribution in [1.29, 1.82) is 0 Å². The zero-order valence-electron chi connectivity index (χ0n) is 25.5. The average molecular weight is 593 g/mol. The number of nitrogens with one attached hydrogen (secondary N) is 1. The summed E-state index contributed by atoms with van der Waals surface area (Å²) in [6.07, 6.45) is 12.8. The molecule has 0 radical (unpaired) electrons. The number of rotatable bonds is 17. The molecule has 0 spiro atoms. The SMILES string of the molecule is CCCCSCC(CC1CCCCC1)OCc1ccc(C(=O)NC(CCSC)C(=O)O)c(-c2ccccc2C)c1.[Li+]. The van der Waals surface area contributed by atoms with E-state index in [1.165, 1.54) is 50.7 Å². The molecule has 2 atom stereocenters. The number of unbranched alkanes of at least 4 members (excludes halogenated alkanes) is 1. The third-order valence-electron chi connectivity index (χ3n) is 7.73. The maximum absolute atomic E-state index is 13.4. The summed E-state index contributed by atoms with van der Waals surface area (Å²) in [5.41, 5.74) is 4.36. The molecule has 8 heteroatoms. The van der Waals surface area contributed by atoms with E-state index < -0.39 is 12.0 Å². The number of aryl methyl sites for hydroxylation is 1. The van der Waals surface area contributed by atoms with Gasteiger partial charge in [-0.3, -0.25) is 4.79 Å². The van der Waals surface area contributed by atoms with Gasteiger partial charge in [0, 0.05) is 11.3 Å². The van der Waals surface area contributed by atoms with Crippen LogP contribution in [-0.4, -0.2) is 52.6 Å². The summed E-state index contributed by atoms with van der Waals surface area (Å²) < 4.78 is 6.57. The maximum atomic E-state index is 13.4. The smallest absolute Gasteiger partial charge is 0.480 e. The number of carboxylic acids is 1. The molecule has 3 rings (SSSR count). The van der Waals surface area contributed by atoms with Gasteiger partial charge in [-0.1, -0.05) is 75.8 Å². The molecule has 1 amide bonds. The minimum atomic E-state index is -1.01. The van der Waals surface area contributed by atoms with Crippen molar-refractivity contribution in [1.82, 2.24) is 5.32 Å². The van der Waals surface area contributed by atoms with Crippen LogP contribution in [0.2, 0.25) is 0 Å². The van der Waals surface area contributed by atoms with Crippen LogP contribution in [0.3, 0.4) is 0 Å². The van der Waals surface area contributed by atoms with Crippen molar-refractivity contribution in [3.63, 3.8) is 0 Å². The Morgan fingerprint density at radius 3 is 2.51 bits per heavy atom. The minimum Gasteiger partial charge on any atom is -0.480 e. The second-order valence-corrected chi connectivity index (χ2v) is 13.1. The summed E-state index contributed by atoms with van der Waals surface area (Å²) in [4.78, 5) is 25.2. The van der Waals surface area contributed by atoms with Crippen LogP contribution in [0.5, 0.6) is 0 Å². The van der Waals surface area contributed by atoms with E-state index in [1.807, 2.05) is 61.3 Å². The second-order valence-electron chi connectivity index (χ2n) is 10.9. The molecule has 2 aromatic carbocycles. The van der Waals surface area contributed by atoms with Gasteiger partial charge in [-0.15, -0.1) is 0 Å². The van der Waals surface area contributed by atoms with Crippen molar-refractivity contribution in [2.45, 2.75) is 90.4 Å². The zero-order valence-corrected chi connectivity index (χ0v) is 27.1. The van der Waals surface area contributed by atoms with E-state index in [-0.39, 0.29) is 30.9 Å². The van der Waals surface area contributed by atoms with Crippen LogP contribution < -0.4 is 24.2 Å². The first-order valence-corrected chi connectivity index (χ1v) is 17.4.